The smallest absolute Gasteiger partial charge is 0.146 e. The summed E-state index contributed by atoms with van der Waals surface area (Å²) >= 11 is 5.15. The molecule has 6 heteroatoms. The van der Waals surface area contributed by atoms with Crippen LogP contribution in [0.4, 0.5) is 0 Å². The van der Waals surface area contributed by atoms with Crippen LogP contribution >= 0.6 is 12.2 Å². The number of rotatable bonds is 10. The third kappa shape index (κ3) is 9.43. The molecule has 0 aromatic rings. The molecule has 17 heavy (non-hydrogen) atoms. The van der Waals surface area contributed by atoms with E-state index in [0.717, 1.165) is 0 Å². The summed E-state index contributed by atoms with van der Waals surface area (Å²) in [5.41, 5.74) is 5.87. The molecule has 0 radical (unpaired) electrons. The molecular weight excluding hydrogens is 240 g/mol. The average Bonchev–Trinajstić information content (AvgIpc) is 2.31. The Morgan fingerprint density at radius 2 is 1.88 bits per heavy atom. The van der Waals surface area contributed by atoms with Gasteiger partial charge in [-0.1, -0.05) is 26.1 Å². The van der Waals surface area contributed by atoms with Crippen molar-refractivity contribution in [2.24, 2.45) is 11.7 Å². The fraction of sp³-hybridized carbons (Fsp3) is 0.909. The van der Waals surface area contributed by atoms with E-state index in [0.29, 0.717) is 37.3 Å². The Hall–Kier alpha value is -0.270. The molecule has 0 saturated carbocycles. The molecule has 0 bridgehead atoms. The van der Waals surface area contributed by atoms with Gasteiger partial charge in [-0.15, -0.1) is 0 Å². The second-order valence-corrected chi connectivity index (χ2v) is 4.43. The Morgan fingerprint density at radius 1 is 1.24 bits per heavy atom. The lowest BCUT2D eigenvalue weighted by Crippen LogP contribution is -2.43. The summed E-state index contributed by atoms with van der Waals surface area (Å²) in [6, 6.07) is -0.0945. The molecule has 0 aliphatic heterocycles. The van der Waals surface area contributed by atoms with Crippen molar-refractivity contribution in [3.63, 3.8) is 0 Å². The van der Waals surface area contributed by atoms with E-state index >= 15 is 0 Å². The molecule has 1 atom stereocenters. The van der Waals surface area contributed by atoms with Gasteiger partial charge in [0.05, 0.1) is 30.9 Å². The number of thiocarbonyl (C=S) groups is 1. The summed E-state index contributed by atoms with van der Waals surface area (Å²) in [6.07, 6.45) is 0. The first-order valence-corrected chi connectivity index (χ1v) is 6.18. The molecule has 0 saturated heterocycles. The molecule has 5 nitrogen and oxygen atoms in total. The van der Waals surface area contributed by atoms with E-state index in [1.165, 1.54) is 0 Å². The van der Waals surface area contributed by atoms with Gasteiger partial charge in [0, 0.05) is 13.7 Å². The summed E-state index contributed by atoms with van der Waals surface area (Å²) in [5.74, 6) is 0.341. The van der Waals surface area contributed by atoms with Crippen LogP contribution in [0.15, 0.2) is 0 Å². The molecule has 102 valence electrons. The van der Waals surface area contributed by atoms with E-state index in [1.54, 1.807) is 7.11 Å². The van der Waals surface area contributed by atoms with Gasteiger partial charge in [0.1, 0.15) is 6.79 Å². The summed E-state index contributed by atoms with van der Waals surface area (Å²) in [5, 5.41) is 3.07. The van der Waals surface area contributed by atoms with Crippen molar-refractivity contribution in [3.8, 4) is 0 Å². The van der Waals surface area contributed by atoms with E-state index in [-0.39, 0.29) is 12.8 Å². The van der Waals surface area contributed by atoms with Crippen molar-refractivity contribution in [3.05, 3.63) is 0 Å². The first-order valence-electron chi connectivity index (χ1n) is 5.77. The quantitative estimate of drug-likeness (QED) is 0.341. The highest BCUT2D eigenvalue weighted by Crippen LogP contribution is 1.98. The van der Waals surface area contributed by atoms with Crippen LogP contribution in [0, 0.1) is 5.92 Å². The minimum absolute atomic E-state index is 0.0945. The maximum atomic E-state index is 5.87. The predicted octanol–water partition coefficient (Wildman–Crippen LogP) is 0.524. The highest BCUT2D eigenvalue weighted by atomic mass is 32.1. The lowest BCUT2D eigenvalue weighted by atomic mass is 10.1. The zero-order valence-corrected chi connectivity index (χ0v) is 11.7. The standard InChI is InChI=1S/C11H24N2O3S/c1-9(2)10(12)11(17)13-4-5-15-8-16-7-6-14-3/h9-10H,4-8,12H2,1-3H3,(H,13,17)/t10-/m0/s1. The fourth-order valence-corrected chi connectivity index (χ4v) is 1.36. The van der Waals surface area contributed by atoms with Crippen molar-refractivity contribution >= 4 is 17.2 Å². The molecule has 0 fully saturated rings. The maximum absolute atomic E-state index is 5.87. The van der Waals surface area contributed by atoms with Gasteiger partial charge in [0.15, 0.2) is 0 Å². The van der Waals surface area contributed by atoms with Crippen LogP contribution in [-0.4, -0.2) is 51.3 Å². The number of nitrogens with one attached hydrogen (secondary N) is 1. The molecule has 0 spiro atoms. The average molecular weight is 264 g/mol. The predicted molar refractivity (Wildman–Crippen MR) is 72.1 cm³/mol. The molecule has 3 N–H and O–H groups in total. The second kappa shape index (κ2) is 10.9. The topological polar surface area (TPSA) is 65.7 Å². The first kappa shape index (κ1) is 16.7. The van der Waals surface area contributed by atoms with Crippen LogP contribution in [0.1, 0.15) is 13.8 Å². The van der Waals surface area contributed by atoms with Crippen LogP contribution in [0.25, 0.3) is 0 Å². The summed E-state index contributed by atoms with van der Waals surface area (Å²) in [6.45, 7) is 6.66. The Balaban J connectivity index is 3.31. The van der Waals surface area contributed by atoms with E-state index in [2.05, 4.69) is 5.32 Å². The zero-order valence-electron chi connectivity index (χ0n) is 10.9. The highest BCUT2D eigenvalue weighted by Gasteiger charge is 2.12. The maximum Gasteiger partial charge on any atom is 0.146 e. The summed E-state index contributed by atoms with van der Waals surface area (Å²) < 4.78 is 15.2. The highest BCUT2D eigenvalue weighted by molar-refractivity contribution is 7.80. The van der Waals surface area contributed by atoms with Crippen LogP contribution < -0.4 is 11.1 Å². The van der Waals surface area contributed by atoms with Crippen LogP contribution in [0.2, 0.25) is 0 Å². The van der Waals surface area contributed by atoms with E-state index in [4.69, 9.17) is 32.2 Å². The largest absolute Gasteiger partial charge is 0.382 e. The van der Waals surface area contributed by atoms with Crippen LogP contribution in [0.5, 0.6) is 0 Å². The van der Waals surface area contributed by atoms with Gasteiger partial charge in [0.2, 0.25) is 0 Å². The number of hydrogen-bond donors (Lipinski definition) is 2. The number of ether oxygens (including phenoxy) is 3. The van der Waals surface area contributed by atoms with Crippen molar-refractivity contribution in [1.29, 1.82) is 0 Å². The summed E-state index contributed by atoms with van der Waals surface area (Å²) in [7, 11) is 1.63. The minimum atomic E-state index is -0.0945. The fourth-order valence-electron chi connectivity index (χ4n) is 0.986. The lowest BCUT2D eigenvalue weighted by molar-refractivity contribution is -0.0638. The van der Waals surface area contributed by atoms with Gasteiger partial charge < -0.3 is 25.3 Å². The number of hydrogen-bond acceptors (Lipinski definition) is 5. The third-order valence-electron chi connectivity index (χ3n) is 2.17. The van der Waals surface area contributed by atoms with E-state index in [9.17, 15) is 0 Å². The van der Waals surface area contributed by atoms with Crippen LogP contribution in [-0.2, 0) is 14.2 Å². The Kier molecular flexibility index (Phi) is 10.7. The first-order chi connectivity index (χ1) is 8.09. The van der Waals surface area contributed by atoms with Gasteiger partial charge in [-0.05, 0) is 5.92 Å². The summed E-state index contributed by atoms with van der Waals surface area (Å²) in [4.78, 5) is 0.684. The van der Waals surface area contributed by atoms with Gasteiger partial charge >= 0.3 is 0 Å². The molecule has 0 aromatic heterocycles. The van der Waals surface area contributed by atoms with E-state index < -0.39 is 0 Å². The zero-order chi connectivity index (χ0) is 13.1. The van der Waals surface area contributed by atoms with Gasteiger partial charge in [0.25, 0.3) is 0 Å². The Labute approximate surface area is 109 Å². The van der Waals surface area contributed by atoms with Gasteiger partial charge in [-0.2, -0.15) is 0 Å². The normalized spacial score (nSPS) is 12.8. The molecule has 0 rings (SSSR count). The molecule has 0 heterocycles. The molecular formula is C11H24N2O3S. The van der Waals surface area contributed by atoms with Crippen molar-refractivity contribution in [2.75, 3.05) is 40.3 Å². The van der Waals surface area contributed by atoms with Gasteiger partial charge in [-0.25, -0.2) is 0 Å². The minimum Gasteiger partial charge on any atom is -0.382 e. The number of methoxy groups -OCH3 is 1. The van der Waals surface area contributed by atoms with E-state index in [1.807, 2.05) is 13.8 Å². The van der Waals surface area contributed by atoms with Crippen LogP contribution in [0.3, 0.4) is 0 Å². The third-order valence-corrected chi connectivity index (χ3v) is 2.58. The second-order valence-electron chi connectivity index (χ2n) is 3.99. The van der Waals surface area contributed by atoms with Crippen molar-refractivity contribution in [2.45, 2.75) is 19.9 Å². The number of nitrogens with two attached hydrogens (primary N) is 1. The molecule has 0 aliphatic rings. The molecule has 0 aromatic carbocycles. The van der Waals surface area contributed by atoms with Crippen molar-refractivity contribution < 1.29 is 14.2 Å². The molecule has 0 aliphatic carbocycles. The Morgan fingerprint density at radius 3 is 2.47 bits per heavy atom. The molecule has 0 unspecified atom stereocenters. The van der Waals surface area contributed by atoms with Crippen molar-refractivity contribution in [1.82, 2.24) is 5.32 Å². The monoisotopic (exact) mass is 264 g/mol. The molecule has 0 amide bonds. The lowest BCUT2D eigenvalue weighted by Gasteiger charge is -2.18. The Bertz CT molecular complexity index is 203. The van der Waals surface area contributed by atoms with Gasteiger partial charge in [-0.3, -0.25) is 0 Å². The SMILES string of the molecule is COCCOCOCCNC(=S)[C@@H](N)C(C)C.